The van der Waals surface area contributed by atoms with Crippen molar-refractivity contribution in [3.05, 3.63) is 22.6 Å². The third-order valence-corrected chi connectivity index (χ3v) is 2.63. The van der Waals surface area contributed by atoms with Gasteiger partial charge in [-0.2, -0.15) is 0 Å². The second kappa shape index (κ2) is 3.30. The quantitative estimate of drug-likeness (QED) is 0.581. The molecule has 0 saturated carbocycles. The number of hydrogen-bond acceptors (Lipinski definition) is 4. The van der Waals surface area contributed by atoms with Crippen molar-refractivity contribution < 1.29 is 4.79 Å². The number of pyridine rings is 1. The van der Waals surface area contributed by atoms with Crippen molar-refractivity contribution >= 4 is 17.3 Å². The van der Waals surface area contributed by atoms with Gasteiger partial charge in [-0.3, -0.25) is 9.59 Å². The number of hydrogen-bond donors (Lipinski definition) is 3. The minimum Gasteiger partial charge on any atom is -0.393 e. The highest BCUT2D eigenvalue weighted by Gasteiger charge is 2.33. The number of nitrogens with zero attached hydrogens (tertiary/aromatic N) is 1. The Morgan fingerprint density at radius 1 is 1.60 bits per heavy atom. The predicted octanol–water partition coefficient (Wildman–Crippen LogP) is -0.979. The van der Waals surface area contributed by atoms with Crippen molar-refractivity contribution in [3.63, 3.8) is 0 Å². The Labute approximate surface area is 85.9 Å². The average molecular weight is 208 g/mol. The zero-order valence-corrected chi connectivity index (χ0v) is 8.06. The third kappa shape index (κ3) is 1.43. The van der Waals surface area contributed by atoms with Crippen LogP contribution < -0.4 is 21.9 Å². The maximum atomic E-state index is 11.2. The molecule has 1 aliphatic rings. The molecular weight excluding hydrogens is 196 g/mol. The Morgan fingerprint density at radius 3 is 2.87 bits per heavy atom. The molecule has 1 saturated heterocycles. The molecule has 6 heteroatoms. The first-order valence-corrected chi connectivity index (χ1v) is 4.64. The van der Waals surface area contributed by atoms with Gasteiger partial charge in [-0.25, -0.2) is 0 Å². The van der Waals surface area contributed by atoms with E-state index >= 15 is 0 Å². The van der Waals surface area contributed by atoms with Gasteiger partial charge in [-0.1, -0.05) is 0 Å². The van der Waals surface area contributed by atoms with E-state index < -0.39 is 0 Å². The maximum Gasteiger partial charge on any atom is 0.273 e. The smallest absolute Gasteiger partial charge is 0.273 e. The molecule has 1 amide bonds. The number of amides is 1. The molecule has 1 aromatic rings. The van der Waals surface area contributed by atoms with Crippen LogP contribution >= 0.6 is 0 Å². The van der Waals surface area contributed by atoms with Crippen LogP contribution in [0.2, 0.25) is 0 Å². The molecule has 2 heterocycles. The van der Waals surface area contributed by atoms with E-state index in [1.165, 1.54) is 6.20 Å². The average Bonchev–Trinajstić information content (AvgIpc) is 2.10. The summed E-state index contributed by atoms with van der Waals surface area (Å²) in [5, 5.41) is 0. The number of rotatable bonds is 2. The second-order valence-electron chi connectivity index (χ2n) is 3.51. The lowest BCUT2D eigenvalue weighted by molar-refractivity contribution is -0.120. The number of nitrogens with two attached hydrogens (primary N) is 2. The monoisotopic (exact) mass is 208 g/mol. The van der Waals surface area contributed by atoms with Gasteiger partial charge in [0.25, 0.3) is 5.56 Å². The van der Waals surface area contributed by atoms with Gasteiger partial charge < -0.3 is 21.4 Å². The van der Waals surface area contributed by atoms with Gasteiger partial charge in [0.05, 0.1) is 5.69 Å². The first kappa shape index (κ1) is 9.57. The van der Waals surface area contributed by atoms with Crippen LogP contribution in [0, 0.1) is 0 Å². The highest BCUT2D eigenvalue weighted by atomic mass is 16.1. The predicted molar refractivity (Wildman–Crippen MR) is 56.4 cm³/mol. The third-order valence-electron chi connectivity index (χ3n) is 2.63. The van der Waals surface area contributed by atoms with Crippen molar-refractivity contribution in [1.82, 2.24) is 4.98 Å². The molecule has 15 heavy (non-hydrogen) atoms. The van der Waals surface area contributed by atoms with E-state index in [9.17, 15) is 9.59 Å². The molecule has 0 spiro atoms. The molecule has 0 aromatic carbocycles. The van der Waals surface area contributed by atoms with Gasteiger partial charge in [-0.15, -0.1) is 0 Å². The van der Waals surface area contributed by atoms with E-state index in [1.54, 1.807) is 11.0 Å². The summed E-state index contributed by atoms with van der Waals surface area (Å²) in [6, 6.07) is 1.33. The molecule has 80 valence electrons. The number of aromatic nitrogens is 1. The summed E-state index contributed by atoms with van der Waals surface area (Å²) in [4.78, 5) is 26.5. The van der Waals surface area contributed by atoms with Crippen LogP contribution in [0.3, 0.4) is 0 Å². The van der Waals surface area contributed by atoms with Crippen molar-refractivity contribution in [2.24, 2.45) is 5.73 Å². The molecular formula is C9H12N4O2. The van der Waals surface area contributed by atoms with Crippen LogP contribution in [0.25, 0.3) is 0 Å². The molecule has 1 unspecified atom stereocenters. The lowest BCUT2D eigenvalue weighted by Crippen LogP contribution is -2.55. The van der Waals surface area contributed by atoms with Crippen LogP contribution in [-0.4, -0.2) is 23.5 Å². The number of carbonyl (C=O) groups is 1. The first-order valence-electron chi connectivity index (χ1n) is 4.64. The minimum atomic E-state index is -0.388. The zero-order valence-electron chi connectivity index (χ0n) is 8.06. The summed E-state index contributed by atoms with van der Waals surface area (Å²) in [7, 11) is 0. The first-order chi connectivity index (χ1) is 7.11. The van der Waals surface area contributed by atoms with Crippen molar-refractivity contribution in [2.75, 3.05) is 17.2 Å². The number of primary amides is 1. The fraction of sp³-hybridized carbons (Fsp3) is 0.333. The van der Waals surface area contributed by atoms with Gasteiger partial charge in [0, 0.05) is 12.7 Å². The summed E-state index contributed by atoms with van der Waals surface area (Å²) < 4.78 is 0. The number of nitrogen functional groups attached to an aromatic ring is 1. The van der Waals surface area contributed by atoms with Gasteiger partial charge in [0.15, 0.2) is 0 Å². The summed E-state index contributed by atoms with van der Waals surface area (Å²) in [6.07, 6.45) is 2.21. The van der Waals surface area contributed by atoms with E-state index in [1.807, 2.05) is 0 Å². The van der Waals surface area contributed by atoms with Gasteiger partial charge in [0.2, 0.25) is 5.91 Å². The van der Waals surface area contributed by atoms with E-state index in [-0.39, 0.29) is 23.2 Å². The molecule has 1 aromatic heterocycles. The number of aromatic amines is 1. The SMILES string of the molecule is NC(=O)C1CCN1c1cc[nH]c(=O)c1N. The van der Waals surface area contributed by atoms with Crippen LogP contribution in [0.5, 0.6) is 0 Å². The molecule has 0 aliphatic carbocycles. The molecule has 1 aliphatic heterocycles. The highest BCUT2D eigenvalue weighted by molar-refractivity contribution is 5.87. The van der Waals surface area contributed by atoms with Crippen molar-refractivity contribution in [2.45, 2.75) is 12.5 Å². The summed E-state index contributed by atoms with van der Waals surface area (Å²) >= 11 is 0. The Balaban J connectivity index is 2.35. The Morgan fingerprint density at radius 2 is 2.33 bits per heavy atom. The number of nitrogens with one attached hydrogen (secondary N) is 1. The normalized spacial score (nSPS) is 19.7. The van der Waals surface area contributed by atoms with Crippen LogP contribution in [0.1, 0.15) is 6.42 Å². The van der Waals surface area contributed by atoms with E-state index in [4.69, 9.17) is 11.5 Å². The van der Waals surface area contributed by atoms with Gasteiger partial charge in [0.1, 0.15) is 11.7 Å². The zero-order chi connectivity index (χ0) is 11.0. The Kier molecular flexibility index (Phi) is 2.11. The number of H-pyrrole nitrogens is 1. The summed E-state index contributed by atoms with van der Waals surface area (Å²) in [6.45, 7) is 0.696. The standard InChI is InChI=1S/C9H12N4O2/c10-7-5(1-3-12-9(7)15)13-4-2-6(13)8(11)14/h1,3,6H,2,4,10H2,(H2,11,14)(H,12,15). The lowest BCUT2D eigenvalue weighted by atomic mass is 10.0. The Bertz CT molecular complexity index is 454. The Hall–Kier alpha value is -1.98. The number of carbonyl (C=O) groups excluding carboxylic acids is 1. The largest absolute Gasteiger partial charge is 0.393 e. The lowest BCUT2D eigenvalue weighted by Gasteiger charge is -2.40. The minimum absolute atomic E-state index is 0.128. The van der Waals surface area contributed by atoms with E-state index in [2.05, 4.69) is 4.98 Å². The fourth-order valence-corrected chi connectivity index (χ4v) is 1.70. The van der Waals surface area contributed by atoms with E-state index in [0.29, 0.717) is 18.7 Å². The van der Waals surface area contributed by atoms with Gasteiger partial charge in [-0.05, 0) is 12.5 Å². The van der Waals surface area contributed by atoms with E-state index in [0.717, 1.165) is 0 Å². The summed E-state index contributed by atoms with van der Waals surface area (Å²) in [5.41, 5.74) is 11.2. The molecule has 2 rings (SSSR count). The fourth-order valence-electron chi connectivity index (χ4n) is 1.70. The molecule has 6 nitrogen and oxygen atoms in total. The van der Waals surface area contributed by atoms with Crippen molar-refractivity contribution in [3.8, 4) is 0 Å². The van der Waals surface area contributed by atoms with Crippen LogP contribution in [0.15, 0.2) is 17.1 Å². The molecule has 5 N–H and O–H groups in total. The molecule has 1 atom stereocenters. The molecule has 0 radical (unpaired) electrons. The van der Waals surface area contributed by atoms with Crippen molar-refractivity contribution in [1.29, 1.82) is 0 Å². The van der Waals surface area contributed by atoms with Gasteiger partial charge >= 0.3 is 0 Å². The van der Waals surface area contributed by atoms with Crippen LogP contribution in [-0.2, 0) is 4.79 Å². The topological polar surface area (TPSA) is 105 Å². The second-order valence-corrected chi connectivity index (χ2v) is 3.51. The molecule has 1 fully saturated rings. The molecule has 0 bridgehead atoms. The highest BCUT2D eigenvalue weighted by Crippen LogP contribution is 2.28. The maximum absolute atomic E-state index is 11.2. The number of anilines is 2. The van der Waals surface area contributed by atoms with Crippen LogP contribution in [0.4, 0.5) is 11.4 Å². The summed E-state index contributed by atoms with van der Waals surface area (Å²) in [5.74, 6) is -0.388.